The standard InChI is InChI=1S/C21H23FN4O2S/c1-2-26(12-18(27)23-10-13-6-8-14(22)9-7-13)11-17-24-20(28)19-15-4-3-5-16(15)29-21(19)25-17/h6-9H,2-5,10-12H2,1H3,(H,23,27)(H,24,25,28). The van der Waals surface area contributed by atoms with Gasteiger partial charge in [-0.05, 0) is 49.1 Å². The Morgan fingerprint density at radius 2 is 2.10 bits per heavy atom. The van der Waals surface area contributed by atoms with E-state index >= 15 is 0 Å². The number of carbonyl (C=O) groups excluding carboxylic acids is 1. The third-order valence-electron chi connectivity index (χ3n) is 5.21. The molecule has 0 aliphatic heterocycles. The van der Waals surface area contributed by atoms with E-state index in [9.17, 15) is 14.0 Å². The molecule has 2 heterocycles. The number of amides is 1. The van der Waals surface area contributed by atoms with Gasteiger partial charge < -0.3 is 10.3 Å². The van der Waals surface area contributed by atoms with Crippen LogP contribution in [0.15, 0.2) is 29.1 Å². The summed E-state index contributed by atoms with van der Waals surface area (Å²) in [4.78, 5) is 36.4. The van der Waals surface area contributed by atoms with Crippen LogP contribution >= 0.6 is 11.3 Å². The molecule has 29 heavy (non-hydrogen) atoms. The van der Waals surface area contributed by atoms with Crippen LogP contribution in [0.4, 0.5) is 4.39 Å². The quantitative estimate of drug-likeness (QED) is 0.623. The number of hydrogen-bond acceptors (Lipinski definition) is 5. The molecule has 6 nitrogen and oxygen atoms in total. The van der Waals surface area contributed by atoms with E-state index in [-0.39, 0.29) is 23.8 Å². The van der Waals surface area contributed by atoms with Crippen molar-refractivity contribution in [1.29, 1.82) is 0 Å². The first-order valence-corrected chi connectivity index (χ1v) is 10.6. The largest absolute Gasteiger partial charge is 0.351 e. The van der Waals surface area contributed by atoms with Crippen molar-refractivity contribution in [2.45, 2.75) is 39.3 Å². The third-order valence-corrected chi connectivity index (χ3v) is 6.40. The van der Waals surface area contributed by atoms with E-state index < -0.39 is 0 Å². The predicted octanol–water partition coefficient (Wildman–Crippen LogP) is 2.75. The summed E-state index contributed by atoms with van der Waals surface area (Å²) in [6.45, 7) is 3.54. The second kappa shape index (κ2) is 8.42. The van der Waals surface area contributed by atoms with Gasteiger partial charge in [-0.1, -0.05) is 19.1 Å². The number of fused-ring (bicyclic) bond motifs is 3. The van der Waals surface area contributed by atoms with E-state index in [0.29, 0.717) is 25.5 Å². The maximum atomic E-state index is 13.0. The summed E-state index contributed by atoms with van der Waals surface area (Å²) >= 11 is 1.61. The Morgan fingerprint density at radius 1 is 1.31 bits per heavy atom. The monoisotopic (exact) mass is 414 g/mol. The van der Waals surface area contributed by atoms with Crippen LogP contribution in [0.1, 0.15) is 35.2 Å². The Kier molecular flexibility index (Phi) is 5.73. The van der Waals surface area contributed by atoms with Crippen LogP contribution in [0, 0.1) is 5.82 Å². The summed E-state index contributed by atoms with van der Waals surface area (Å²) in [6.07, 6.45) is 3.09. The van der Waals surface area contributed by atoms with E-state index in [1.54, 1.807) is 23.5 Å². The number of H-pyrrole nitrogens is 1. The lowest BCUT2D eigenvalue weighted by Crippen LogP contribution is -2.37. The van der Waals surface area contributed by atoms with Crippen LogP contribution in [0.3, 0.4) is 0 Å². The van der Waals surface area contributed by atoms with Crippen LogP contribution < -0.4 is 10.9 Å². The molecule has 3 aromatic rings. The van der Waals surface area contributed by atoms with Gasteiger partial charge in [0.1, 0.15) is 16.5 Å². The molecule has 0 bridgehead atoms. The second-order valence-corrected chi connectivity index (χ2v) is 8.34. The number of carbonyl (C=O) groups is 1. The normalized spacial score (nSPS) is 13.2. The van der Waals surface area contributed by atoms with Gasteiger partial charge in [-0.15, -0.1) is 11.3 Å². The highest BCUT2D eigenvalue weighted by molar-refractivity contribution is 7.18. The van der Waals surface area contributed by atoms with E-state index in [1.807, 2.05) is 11.8 Å². The first-order chi connectivity index (χ1) is 14.0. The third kappa shape index (κ3) is 4.38. The number of halogens is 1. The molecule has 0 saturated carbocycles. The first kappa shape index (κ1) is 19.7. The highest BCUT2D eigenvalue weighted by atomic mass is 32.1. The fourth-order valence-corrected chi connectivity index (χ4v) is 4.96. The lowest BCUT2D eigenvalue weighted by Gasteiger charge is -2.19. The second-order valence-electron chi connectivity index (χ2n) is 7.26. The predicted molar refractivity (Wildman–Crippen MR) is 111 cm³/mol. The summed E-state index contributed by atoms with van der Waals surface area (Å²) < 4.78 is 13.0. The van der Waals surface area contributed by atoms with Crippen LogP contribution in [0.2, 0.25) is 0 Å². The van der Waals surface area contributed by atoms with Crippen LogP contribution in [-0.4, -0.2) is 33.9 Å². The van der Waals surface area contributed by atoms with Crippen molar-refractivity contribution in [2.24, 2.45) is 0 Å². The van der Waals surface area contributed by atoms with Gasteiger partial charge in [-0.3, -0.25) is 14.5 Å². The molecule has 1 aliphatic rings. The molecule has 0 fully saturated rings. The van der Waals surface area contributed by atoms with Gasteiger partial charge in [-0.2, -0.15) is 0 Å². The number of likely N-dealkylation sites (N-methyl/N-ethyl adjacent to an activating group) is 1. The van der Waals surface area contributed by atoms with Gasteiger partial charge in [0.2, 0.25) is 5.91 Å². The molecule has 8 heteroatoms. The Morgan fingerprint density at radius 3 is 2.86 bits per heavy atom. The molecule has 152 valence electrons. The fraction of sp³-hybridized carbons (Fsp3) is 0.381. The lowest BCUT2D eigenvalue weighted by atomic mass is 10.2. The molecular formula is C21H23FN4O2S. The minimum Gasteiger partial charge on any atom is -0.351 e. The molecule has 0 unspecified atom stereocenters. The van der Waals surface area contributed by atoms with E-state index in [1.165, 1.54) is 17.0 Å². The summed E-state index contributed by atoms with van der Waals surface area (Å²) in [5.74, 6) is 0.150. The molecule has 4 rings (SSSR count). The minimum atomic E-state index is -0.299. The number of aryl methyl sites for hydroxylation is 2. The van der Waals surface area contributed by atoms with E-state index in [4.69, 9.17) is 0 Å². The number of thiophene rings is 1. The van der Waals surface area contributed by atoms with Crippen molar-refractivity contribution in [2.75, 3.05) is 13.1 Å². The zero-order valence-electron chi connectivity index (χ0n) is 16.3. The molecule has 2 aromatic heterocycles. The number of aromatic amines is 1. The van der Waals surface area contributed by atoms with Crippen LogP contribution in [-0.2, 0) is 30.7 Å². The first-order valence-electron chi connectivity index (χ1n) is 9.80. The SMILES string of the molecule is CCN(CC(=O)NCc1ccc(F)cc1)Cc1nc2sc3c(c2c(=O)[nH]1)CCC3. The van der Waals surface area contributed by atoms with Gasteiger partial charge in [0.05, 0.1) is 18.5 Å². The Labute approximate surface area is 171 Å². The number of hydrogen-bond donors (Lipinski definition) is 2. The molecule has 0 radical (unpaired) electrons. The van der Waals surface area contributed by atoms with Gasteiger partial charge >= 0.3 is 0 Å². The Bertz CT molecular complexity index is 1090. The average Bonchev–Trinajstić information content (AvgIpc) is 3.27. The Hall–Kier alpha value is -2.58. The molecular weight excluding hydrogens is 391 g/mol. The van der Waals surface area contributed by atoms with Gasteiger partial charge in [0.25, 0.3) is 5.56 Å². The smallest absolute Gasteiger partial charge is 0.259 e. The highest BCUT2D eigenvalue weighted by Crippen LogP contribution is 2.34. The van der Waals surface area contributed by atoms with Crippen molar-refractivity contribution in [3.63, 3.8) is 0 Å². The zero-order valence-corrected chi connectivity index (χ0v) is 17.1. The molecule has 0 spiro atoms. The molecule has 1 aromatic carbocycles. The summed E-state index contributed by atoms with van der Waals surface area (Å²) in [5.41, 5.74) is 1.92. The van der Waals surface area contributed by atoms with Crippen LogP contribution in [0.25, 0.3) is 10.2 Å². The Balaban J connectivity index is 1.40. The van der Waals surface area contributed by atoms with Crippen LogP contribution in [0.5, 0.6) is 0 Å². The molecule has 0 saturated heterocycles. The number of aromatic nitrogens is 2. The highest BCUT2D eigenvalue weighted by Gasteiger charge is 2.21. The maximum Gasteiger partial charge on any atom is 0.259 e. The summed E-state index contributed by atoms with van der Waals surface area (Å²) in [5, 5.41) is 3.58. The molecule has 0 atom stereocenters. The van der Waals surface area contributed by atoms with Crippen molar-refractivity contribution in [3.05, 3.63) is 62.3 Å². The maximum absolute atomic E-state index is 13.0. The number of benzene rings is 1. The van der Waals surface area contributed by atoms with Crippen molar-refractivity contribution < 1.29 is 9.18 Å². The zero-order chi connectivity index (χ0) is 20.4. The van der Waals surface area contributed by atoms with Gasteiger partial charge in [0.15, 0.2) is 0 Å². The number of rotatable bonds is 7. The van der Waals surface area contributed by atoms with Gasteiger partial charge in [-0.25, -0.2) is 9.37 Å². The minimum absolute atomic E-state index is 0.0822. The van der Waals surface area contributed by atoms with Crippen molar-refractivity contribution in [3.8, 4) is 0 Å². The fourth-order valence-electron chi connectivity index (χ4n) is 3.67. The van der Waals surface area contributed by atoms with E-state index in [0.717, 1.165) is 40.6 Å². The number of nitrogens with zero attached hydrogens (tertiary/aromatic N) is 2. The summed E-state index contributed by atoms with van der Waals surface area (Å²) in [7, 11) is 0. The van der Waals surface area contributed by atoms with Crippen molar-refractivity contribution >= 4 is 27.5 Å². The topological polar surface area (TPSA) is 78.1 Å². The van der Waals surface area contributed by atoms with E-state index in [2.05, 4.69) is 15.3 Å². The molecule has 1 amide bonds. The average molecular weight is 415 g/mol. The molecule has 1 aliphatic carbocycles. The van der Waals surface area contributed by atoms with Crippen molar-refractivity contribution in [1.82, 2.24) is 20.2 Å². The molecule has 2 N–H and O–H groups in total. The summed E-state index contributed by atoms with van der Waals surface area (Å²) in [6, 6.07) is 6.04. The lowest BCUT2D eigenvalue weighted by molar-refractivity contribution is -0.122. The number of nitrogens with one attached hydrogen (secondary N) is 2. The van der Waals surface area contributed by atoms with Gasteiger partial charge in [0, 0.05) is 11.4 Å².